The van der Waals surface area contributed by atoms with Crippen molar-refractivity contribution in [3.05, 3.63) is 128 Å². The predicted octanol–water partition coefficient (Wildman–Crippen LogP) is 19.4. The summed E-state index contributed by atoms with van der Waals surface area (Å²) < 4.78 is 171. The monoisotopic (exact) mass is 1090 g/mol. The number of benzene rings is 4. The molecule has 0 spiro atoms. The van der Waals surface area contributed by atoms with Crippen LogP contribution in [0.5, 0.6) is 0 Å². The molecule has 0 aromatic heterocycles. The summed E-state index contributed by atoms with van der Waals surface area (Å²) in [5.41, 5.74) is -2.04. The molecule has 2 unspecified atom stereocenters. The molecule has 0 saturated heterocycles. The second-order valence-corrected chi connectivity index (χ2v) is 62.5. The van der Waals surface area contributed by atoms with Gasteiger partial charge in [0.15, 0.2) is 0 Å². The molecule has 4 aromatic rings. The van der Waals surface area contributed by atoms with Crippen molar-refractivity contribution in [1.29, 1.82) is 0 Å². The van der Waals surface area contributed by atoms with Gasteiger partial charge in [-0.1, -0.05) is 0 Å². The van der Waals surface area contributed by atoms with Gasteiger partial charge in [0.1, 0.15) is 0 Å². The topological polar surface area (TPSA) is 0 Å². The summed E-state index contributed by atoms with van der Waals surface area (Å²) in [7, 11) is 17.6. The number of fused-ring (bicyclic) bond motifs is 2. The molecule has 0 radical (unpaired) electrons. The van der Waals surface area contributed by atoms with E-state index in [9.17, 15) is 52.7 Å². The Kier molecular flexibility index (Phi) is 14.4. The number of rotatable bonds is 9. The van der Waals surface area contributed by atoms with E-state index in [1.807, 2.05) is 24.3 Å². The Morgan fingerprint density at radius 1 is 0.471 bits per heavy atom. The molecule has 0 N–H and O–H groups in total. The normalized spacial score (nSPS) is 20.9. The van der Waals surface area contributed by atoms with Crippen molar-refractivity contribution < 1.29 is 68.2 Å². The minimum atomic E-state index is -5.89. The molecule has 68 heavy (non-hydrogen) atoms. The van der Waals surface area contributed by atoms with Gasteiger partial charge in [0, 0.05) is 0 Å². The Hall–Kier alpha value is -2.80. The molecule has 0 heterocycles. The number of hydrogen-bond acceptors (Lipinski definition) is 0. The van der Waals surface area contributed by atoms with Crippen LogP contribution in [0.1, 0.15) is 142 Å². The van der Waals surface area contributed by atoms with E-state index >= 15 is 0 Å². The second-order valence-electron chi connectivity index (χ2n) is 20.0. The van der Waals surface area contributed by atoms with E-state index in [1.54, 1.807) is 12.1 Å². The van der Waals surface area contributed by atoms with Crippen molar-refractivity contribution in [2.75, 3.05) is 0 Å². The SMILES string of the molecule is C[SiH](C)[Zr]([Cl])([Cl])([CH]1C(CC2CCCCCC2)=Cc2c(-c3cc(C(F)(F)F)cc(C(F)(F)F)c3)cccc21)[CH]1C(CC2CCCCCC2)=Cc2c(-c3cc(C(F)(F)F)cc(C(F)(F)F)c3)cccc21. The summed E-state index contributed by atoms with van der Waals surface area (Å²) in [5, 5.41) is 0. The Morgan fingerprint density at radius 3 is 1.06 bits per heavy atom. The molecule has 4 aromatic carbocycles. The fourth-order valence-corrected chi connectivity index (χ4v) is 43.3. The summed E-state index contributed by atoms with van der Waals surface area (Å²) in [4.78, 5) is 0. The van der Waals surface area contributed by atoms with Crippen LogP contribution in [0, 0.1) is 11.8 Å². The van der Waals surface area contributed by atoms with Gasteiger partial charge in [-0.25, -0.2) is 0 Å². The van der Waals surface area contributed by atoms with Crippen LogP contribution < -0.4 is 0 Å². The summed E-state index contributed by atoms with van der Waals surface area (Å²) in [6.45, 7) is 4.15. The first-order valence-electron chi connectivity index (χ1n) is 23.6. The van der Waals surface area contributed by atoms with Gasteiger partial charge in [-0.15, -0.1) is 0 Å². The van der Waals surface area contributed by atoms with Crippen LogP contribution in [0.3, 0.4) is 0 Å². The van der Waals surface area contributed by atoms with Crippen LogP contribution in [0.15, 0.2) is 83.9 Å². The molecule has 2 saturated carbocycles. The van der Waals surface area contributed by atoms with Gasteiger partial charge in [0.05, 0.1) is 0 Å². The number of halogens is 14. The standard InChI is InChI=1S/2C25H23F6.C2H7Si.2ClH.Zr/c2*26-24(27,28)20-13-19(14-21(15-20)25(29,30)31)22-9-5-8-18-11-17(12-23(18)22)10-16-6-3-1-2-4-7-16;1-3-2;;;/h2*5,8-9,11-16H,1-4,6-7,10H2;3H,1-2H3;2*1H;/q;;;;;+2/p-2. The molecular formula is C52H53Cl2F12SiZr. The van der Waals surface area contributed by atoms with Gasteiger partial charge >= 0.3 is 401 Å². The Bertz CT molecular complexity index is 2350. The minimum absolute atomic E-state index is 0.110. The average molecular weight is 1100 g/mol. The van der Waals surface area contributed by atoms with Crippen molar-refractivity contribution >= 4 is 35.1 Å². The number of alkyl halides is 12. The molecule has 4 aliphatic rings. The zero-order chi connectivity index (χ0) is 49.2. The van der Waals surface area contributed by atoms with Crippen LogP contribution in [0.25, 0.3) is 34.4 Å². The van der Waals surface area contributed by atoms with Gasteiger partial charge in [-0.2, -0.15) is 0 Å². The van der Waals surface area contributed by atoms with Crippen LogP contribution in [0.4, 0.5) is 52.7 Å². The fraction of sp³-hybridized carbons (Fsp3) is 0.462. The average Bonchev–Trinajstić information content (AvgIpc) is 3.56. The van der Waals surface area contributed by atoms with Crippen LogP contribution >= 0.6 is 17.0 Å². The maximum atomic E-state index is 14.3. The number of hydrogen-bond donors (Lipinski definition) is 0. The van der Waals surface area contributed by atoms with Gasteiger partial charge in [-0.05, 0) is 0 Å². The van der Waals surface area contributed by atoms with Gasteiger partial charge in [-0.3, -0.25) is 0 Å². The van der Waals surface area contributed by atoms with Crippen molar-refractivity contribution in [1.82, 2.24) is 0 Å². The van der Waals surface area contributed by atoms with Crippen LogP contribution in [-0.2, 0) is 40.3 Å². The van der Waals surface area contributed by atoms with E-state index in [0.717, 1.165) is 112 Å². The predicted molar refractivity (Wildman–Crippen MR) is 247 cm³/mol. The molecular weight excluding hydrogens is 1040 g/mol. The van der Waals surface area contributed by atoms with E-state index in [-0.39, 0.29) is 46.2 Å². The molecule has 4 aliphatic carbocycles. The third kappa shape index (κ3) is 10.2. The zero-order valence-electron chi connectivity index (χ0n) is 37.7. The number of allylic oxidation sites excluding steroid dienone is 2. The summed E-state index contributed by atoms with van der Waals surface area (Å²) in [5.74, 6) is -1.99. The Morgan fingerprint density at radius 2 is 0.779 bits per heavy atom. The molecule has 2 atom stereocenters. The van der Waals surface area contributed by atoms with E-state index in [4.69, 9.17) is 17.0 Å². The molecule has 16 heteroatoms. The first kappa shape index (κ1) is 51.6. The fourth-order valence-electron chi connectivity index (χ4n) is 11.9. The molecule has 0 nitrogen and oxygen atoms in total. The van der Waals surface area contributed by atoms with Crippen molar-refractivity contribution in [2.45, 2.75) is 135 Å². The van der Waals surface area contributed by atoms with Gasteiger partial charge in [0.2, 0.25) is 0 Å². The van der Waals surface area contributed by atoms with Crippen LogP contribution in [0.2, 0.25) is 13.1 Å². The third-order valence-electron chi connectivity index (χ3n) is 15.3. The van der Waals surface area contributed by atoms with E-state index in [0.29, 0.717) is 35.1 Å². The quantitative estimate of drug-likeness (QED) is 0.0890. The molecule has 0 bridgehead atoms. The van der Waals surface area contributed by atoms with Crippen molar-refractivity contribution in [2.24, 2.45) is 11.8 Å². The molecule has 2 fully saturated rings. The zero-order valence-corrected chi connectivity index (χ0v) is 42.8. The first-order valence-corrected chi connectivity index (χ1v) is 39.9. The van der Waals surface area contributed by atoms with E-state index < -0.39 is 75.7 Å². The Balaban J connectivity index is 1.38. The van der Waals surface area contributed by atoms with Gasteiger partial charge < -0.3 is 0 Å². The molecule has 367 valence electrons. The Labute approximate surface area is 398 Å². The molecule has 0 aliphatic heterocycles. The maximum absolute atomic E-state index is 14.3. The molecule has 0 amide bonds. The van der Waals surface area contributed by atoms with E-state index in [1.165, 1.54) is 12.1 Å². The second kappa shape index (κ2) is 19.0. The third-order valence-corrected chi connectivity index (χ3v) is 67.2. The van der Waals surface area contributed by atoms with Crippen LogP contribution in [-0.4, -0.2) is 5.92 Å². The summed E-state index contributed by atoms with van der Waals surface area (Å²) in [6.07, 6.45) is -3.63. The first-order chi connectivity index (χ1) is 31.7. The summed E-state index contributed by atoms with van der Waals surface area (Å²) >= 11 is -5.89. The van der Waals surface area contributed by atoms with Gasteiger partial charge in [0.25, 0.3) is 0 Å². The van der Waals surface area contributed by atoms with E-state index in [2.05, 4.69) is 13.1 Å². The molecule has 8 rings (SSSR count). The van der Waals surface area contributed by atoms with Crippen molar-refractivity contribution in [3.8, 4) is 22.3 Å². The van der Waals surface area contributed by atoms with Crippen molar-refractivity contribution in [3.63, 3.8) is 0 Å². The summed E-state index contributed by atoms with van der Waals surface area (Å²) in [6, 6.07) is 13.1.